The standard InChI is InChI=1S/C32H38N4O4/c1-21(2)8-9-25(22(3)4)20-40-31-7-5-6-27(34-31)24-12-14-35(17-24)19-30-33-28-11-10-23(32(37)38)16-29(28)36(30)18-26-13-15-39-26/h5-11,16,24,26H,1,12-15,17-20H2,2-4H3,(H,37,38)/b9-8-. The first-order valence-electron chi connectivity index (χ1n) is 13.9. The molecule has 3 aromatic rings. The Kier molecular flexibility index (Phi) is 8.47. The number of ether oxygens (including phenoxy) is 2. The van der Waals surface area contributed by atoms with Gasteiger partial charge in [0.2, 0.25) is 5.88 Å². The van der Waals surface area contributed by atoms with Gasteiger partial charge in [0.15, 0.2) is 0 Å². The van der Waals surface area contributed by atoms with Crippen molar-refractivity contribution >= 4 is 17.0 Å². The molecule has 5 rings (SSSR count). The highest BCUT2D eigenvalue weighted by molar-refractivity contribution is 5.92. The predicted molar refractivity (Wildman–Crippen MR) is 156 cm³/mol. The van der Waals surface area contributed by atoms with Crippen LogP contribution in [0.25, 0.3) is 11.0 Å². The summed E-state index contributed by atoms with van der Waals surface area (Å²) in [4.78, 5) is 23.8. The zero-order valence-electron chi connectivity index (χ0n) is 23.6. The number of allylic oxidation sites excluding steroid dienone is 3. The van der Waals surface area contributed by atoms with Crippen LogP contribution in [0.2, 0.25) is 0 Å². The molecule has 2 aliphatic heterocycles. The molecule has 0 aliphatic carbocycles. The molecule has 2 saturated heterocycles. The number of hydrogen-bond acceptors (Lipinski definition) is 6. The van der Waals surface area contributed by atoms with Crippen LogP contribution in [0.1, 0.15) is 61.4 Å². The molecule has 2 unspecified atom stereocenters. The van der Waals surface area contributed by atoms with E-state index in [0.29, 0.717) is 31.5 Å². The highest BCUT2D eigenvalue weighted by Crippen LogP contribution is 2.30. The molecule has 210 valence electrons. The van der Waals surface area contributed by atoms with Gasteiger partial charge in [-0.1, -0.05) is 35.9 Å². The van der Waals surface area contributed by atoms with E-state index in [1.807, 2.05) is 25.1 Å². The zero-order chi connectivity index (χ0) is 28.2. The van der Waals surface area contributed by atoms with Gasteiger partial charge in [-0.2, -0.15) is 0 Å². The van der Waals surface area contributed by atoms with E-state index >= 15 is 0 Å². The smallest absolute Gasteiger partial charge is 0.335 e. The maximum absolute atomic E-state index is 11.6. The van der Waals surface area contributed by atoms with Crippen LogP contribution >= 0.6 is 0 Å². The van der Waals surface area contributed by atoms with Crippen molar-refractivity contribution in [1.29, 1.82) is 0 Å². The van der Waals surface area contributed by atoms with Crippen molar-refractivity contribution in [2.75, 3.05) is 26.3 Å². The largest absolute Gasteiger partial charge is 0.478 e. The number of carbonyl (C=O) groups is 1. The van der Waals surface area contributed by atoms with E-state index in [4.69, 9.17) is 19.4 Å². The fourth-order valence-corrected chi connectivity index (χ4v) is 5.17. The summed E-state index contributed by atoms with van der Waals surface area (Å²) in [6.07, 6.45) is 6.22. The van der Waals surface area contributed by atoms with Crippen LogP contribution in [0, 0.1) is 0 Å². The Balaban J connectivity index is 1.27. The predicted octanol–water partition coefficient (Wildman–Crippen LogP) is 5.76. The molecule has 2 aromatic heterocycles. The second-order valence-electron chi connectivity index (χ2n) is 11.0. The van der Waals surface area contributed by atoms with E-state index in [9.17, 15) is 9.90 Å². The van der Waals surface area contributed by atoms with Gasteiger partial charge in [-0.25, -0.2) is 14.8 Å². The van der Waals surface area contributed by atoms with Gasteiger partial charge in [0.1, 0.15) is 12.4 Å². The molecule has 0 bridgehead atoms. The number of aromatic nitrogens is 3. The lowest BCUT2D eigenvalue weighted by Crippen LogP contribution is -2.32. The molecule has 0 radical (unpaired) electrons. The molecule has 1 N–H and O–H groups in total. The zero-order valence-corrected chi connectivity index (χ0v) is 23.6. The number of pyridine rings is 1. The lowest BCUT2D eigenvalue weighted by atomic mass is 10.0. The van der Waals surface area contributed by atoms with Gasteiger partial charge in [-0.15, -0.1) is 0 Å². The van der Waals surface area contributed by atoms with Crippen molar-refractivity contribution in [3.8, 4) is 5.88 Å². The van der Waals surface area contributed by atoms with Crippen LogP contribution in [0.4, 0.5) is 0 Å². The Labute approximate surface area is 235 Å². The molecule has 40 heavy (non-hydrogen) atoms. The van der Waals surface area contributed by atoms with Crippen molar-refractivity contribution in [3.63, 3.8) is 0 Å². The van der Waals surface area contributed by atoms with Gasteiger partial charge in [0.25, 0.3) is 0 Å². The SMILES string of the molecule is C=C(C)/C=C\C(COc1cccc(C2CCN(Cc3nc4ccc(C(=O)O)cc4n3CC3CCO3)C2)n1)=C(C)C. The third-order valence-electron chi connectivity index (χ3n) is 7.64. The summed E-state index contributed by atoms with van der Waals surface area (Å²) in [7, 11) is 0. The van der Waals surface area contributed by atoms with E-state index in [1.54, 1.807) is 18.2 Å². The second-order valence-corrected chi connectivity index (χ2v) is 11.0. The molecule has 0 spiro atoms. The Morgan fingerprint density at radius 1 is 1.18 bits per heavy atom. The van der Waals surface area contributed by atoms with Crippen LogP contribution in [-0.2, 0) is 17.8 Å². The third kappa shape index (κ3) is 6.51. The van der Waals surface area contributed by atoms with Gasteiger partial charge in [0.05, 0.1) is 35.8 Å². The van der Waals surface area contributed by atoms with E-state index in [1.165, 1.54) is 5.57 Å². The first-order chi connectivity index (χ1) is 19.3. The maximum atomic E-state index is 11.6. The number of fused-ring (bicyclic) bond motifs is 1. The highest BCUT2D eigenvalue weighted by atomic mass is 16.5. The van der Waals surface area contributed by atoms with Gasteiger partial charge in [0, 0.05) is 30.8 Å². The molecule has 8 nitrogen and oxygen atoms in total. The molecule has 4 heterocycles. The lowest BCUT2D eigenvalue weighted by Gasteiger charge is -2.28. The van der Waals surface area contributed by atoms with Crippen LogP contribution in [-0.4, -0.2) is 62.9 Å². The molecule has 0 amide bonds. The first-order valence-corrected chi connectivity index (χ1v) is 13.9. The Bertz CT molecular complexity index is 1460. The summed E-state index contributed by atoms with van der Waals surface area (Å²) in [6, 6.07) is 11.2. The molecule has 0 saturated carbocycles. The molecule has 1 aromatic carbocycles. The monoisotopic (exact) mass is 542 g/mol. The summed E-state index contributed by atoms with van der Waals surface area (Å²) in [5, 5.41) is 9.51. The number of imidazole rings is 1. The molecular weight excluding hydrogens is 504 g/mol. The van der Waals surface area contributed by atoms with Crippen molar-refractivity contribution in [3.05, 3.63) is 88.9 Å². The minimum Gasteiger partial charge on any atom is -0.478 e. The van der Waals surface area contributed by atoms with Gasteiger partial charge in [-0.05, 0) is 70.0 Å². The summed E-state index contributed by atoms with van der Waals surface area (Å²) in [5.74, 6) is 0.949. The summed E-state index contributed by atoms with van der Waals surface area (Å²) >= 11 is 0. The third-order valence-corrected chi connectivity index (χ3v) is 7.64. The van der Waals surface area contributed by atoms with Crippen molar-refractivity contribution in [1.82, 2.24) is 19.4 Å². The maximum Gasteiger partial charge on any atom is 0.335 e. The van der Waals surface area contributed by atoms with Gasteiger partial charge >= 0.3 is 5.97 Å². The van der Waals surface area contributed by atoms with E-state index in [-0.39, 0.29) is 11.7 Å². The molecule has 2 fully saturated rings. The Morgan fingerprint density at radius 3 is 2.70 bits per heavy atom. The van der Waals surface area contributed by atoms with Gasteiger partial charge in [-0.3, -0.25) is 4.90 Å². The fourth-order valence-electron chi connectivity index (χ4n) is 5.17. The number of carboxylic acids is 1. The summed E-state index contributed by atoms with van der Waals surface area (Å²) in [5.41, 5.74) is 6.30. The Hall–Kier alpha value is -3.75. The first kappa shape index (κ1) is 27.8. The minimum atomic E-state index is -0.933. The number of aromatic carboxylic acids is 1. The second kappa shape index (κ2) is 12.2. The molecule has 2 atom stereocenters. The quantitative estimate of drug-likeness (QED) is 0.308. The number of nitrogens with zero attached hydrogens (tertiary/aromatic N) is 4. The summed E-state index contributed by atoms with van der Waals surface area (Å²) in [6.45, 7) is 14.5. The molecule has 8 heteroatoms. The van der Waals surface area contributed by atoms with Gasteiger partial charge < -0.3 is 19.1 Å². The number of benzene rings is 1. The normalized spacial score (nSPS) is 19.2. The van der Waals surface area contributed by atoms with Crippen molar-refractivity contribution < 1.29 is 19.4 Å². The molecule has 2 aliphatic rings. The van der Waals surface area contributed by atoms with Crippen LogP contribution in [0.15, 0.2) is 71.8 Å². The number of hydrogen-bond donors (Lipinski definition) is 1. The minimum absolute atomic E-state index is 0.144. The van der Waals surface area contributed by atoms with E-state index in [0.717, 1.165) is 66.2 Å². The number of rotatable bonds is 11. The molecular formula is C32H38N4O4. The van der Waals surface area contributed by atoms with Crippen LogP contribution < -0.4 is 4.74 Å². The van der Waals surface area contributed by atoms with Crippen LogP contribution in [0.5, 0.6) is 5.88 Å². The topological polar surface area (TPSA) is 89.7 Å². The van der Waals surface area contributed by atoms with E-state index < -0.39 is 5.97 Å². The van der Waals surface area contributed by atoms with Crippen LogP contribution in [0.3, 0.4) is 0 Å². The van der Waals surface area contributed by atoms with Crippen molar-refractivity contribution in [2.45, 2.75) is 58.7 Å². The summed E-state index contributed by atoms with van der Waals surface area (Å²) < 4.78 is 13.9. The lowest BCUT2D eigenvalue weighted by molar-refractivity contribution is -0.0591. The van der Waals surface area contributed by atoms with E-state index in [2.05, 4.69) is 42.0 Å². The average molecular weight is 543 g/mol. The van der Waals surface area contributed by atoms with Crippen molar-refractivity contribution in [2.24, 2.45) is 0 Å². The number of likely N-dealkylation sites (tertiary alicyclic amines) is 1. The fraction of sp³-hybridized carbons (Fsp3) is 0.406. The Morgan fingerprint density at radius 2 is 2.00 bits per heavy atom. The number of carboxylic acid groups (broad SMARTS) is 1. The average Bonchev–Trinajstić information content (AvgIpc) is 3.50. The highest BCUT2D eigenvalue weighted by Gasteiger charge is 2.28.